The first-order chi connectivity index (χ1) is 14.8. The topological polar surface area (TPSA) is 151 Å². The fraction of sp³-hybridized carbons (Fsp3) is 0.100. The van der Waals surface area contributed by atoms with Crippen LogP contribution in [-0.2, 0) is 19.6 Å². The van der Waals surface area contributed by atoms with Crippen molar-refractivity contribution in [2.45, 2.75) is 5.09 Å². The molecule has 0 fully saturated rings. The standard InChI is InChI=1S/C20H16N2O8S/c1-27-17-8-12-11-4-2-3-5-14(11)29-16(12)9-13(17)22-18(23)10-28-20(24)15-6-7-19(30-15)31(21,25)26/h2-9H,10H2,1H3,(H,22,23)(H2,21,25,26). The van der Waals surface area contributed by atoms with E-state index in [1.165, 1.54) is 7.11 Å². The number of fused-ring (bicyclic) bond motifs is 3. The molecule has 0 spiro atoms. The van der Waals surface area contributed by atoms with E-state index >= 15 is 0 Å². The summed E-state index contributed by atoms with van der Waals surface area (Å²) in [6.07, 6.45) is 0. The summed E-state index contributed by atoms with van der Waals surface area (Å²) < 4.78 is 43.2. The van der Waals surface area contributed by atoms with Crippen LogP contribution in [0.2, 0.25) is 0 Å². The minimum atomic E-state index is -4.10. The zero-order valence-electron chi connectivity index (χ0n) is 16.1. The Kier molecular flexibility index (Phi) is 5.13. The van der Waals surface area contributed by atoms with Crippen molar-refractivity contribution < 1.29 is 36.3 Å². The van der Waals surface area contributed by atoms with Crippen LogP contribution in [-0.4, -0.2) is 34.0 Å². The third kappa shape index (κ3) is 4.09. The fourth-order valence-electron chi connectivity index (χ4n) is 2.99. The number of para-hydroxylation sites is 1. The summed E-state index contributed by atoms with van der Waals surface area (Å²) >= 11 is 0. The molecule has 4 aromatic rings. The van der Waals surface area contributed by atoms with Gasteiger partial charge < -0.3 is 23.6 Å². The van der Waals surface area contributed by atoms with Crippen LogP contribution in [0.5, 0.6) is 5.75 Å². The second-order valence-corrected chi connectivity index (χ2v) is 7.93. The molecular formula is C20H16N2O8S. The monoisotopic (exact) mass is 444 g/mol. The molecule has 2 heterocycles. The minimum Gasteiger partial charge on any atom is -0.495 e. The maximum Gasteiger partial charge on any atom is 0.374 e. The summed E-state index contributed by atoms with van der Waals surface area (Å²) in [6, 6.07) is 12.9. The van der Waals surface area contributed by atoms with Crippen LogP contribution < -0.4 is 15.2 Å². The van der Waals surface area contributed by atoms with Crippen molar-refractivity contribution in [3.8, 4) is 5.75 Å². The van der Waals surface area contributed by atoms with Crippen LogP contribution in [0.4, 0.5) is 5.69 Å². The first-order valence-electron chi connectivity index (χ1n) is 8.85. The Bertz CT molecular complexity index is 1420. The fourth-order valence-corrected chi connectivity index (χ4v) is 3.45. The van der Waals surface area contributed by atoms with Crippen LogP contribution >= 0.6 is 0 Å². The van der Waals surface area contributed by atoms with Crippen LogP contribution in [0.1, 0.15) is 10.6 Å². The van der Waals surface area contributed by atoms with Gasteiger partial charge in [0.15, 0.2) is 6.61 Å². The van der Waals surface area contributed by atoms with Crippen LogP contribution in [0.15, 0.2) is 62.5 Å². The van der Waals surface area contributed by atoms with E-state index in [0.29, 0.717) is 22.6 Å². The summed E-state index contributed by atoms with van der Waals surface area (Å²) in [5.74, 6) is -1.69. The molecule has 160 valence electrons. The third-order valence-corrected chi connectivity index (χ3v) is 5.15. The van der Waals surface area contributed by atoms with Crippen molar-refractivity contribution in [2.75, 3.05) is 19.0 Å². The Morgan fingerprint density at radius 1 is 1.03 bits per heavy atom. The number of benzene rings is 2. The Morgan fingerprint density at radius 2 is 1.81 bits per heavy atom. The SMILES string of the molecule is COc1cc2c(cc1NC(=O)COC(=O)c1ccc(S(N)(=O)=O)o1)oc1ccccc12. The van der Waals surface area contributed by atoms with Crippen LogP contribution in [0.25, 0.3) is 21.9 Å². The molecule has 31 heavy (non-hydrogen) atoms. The number of carbonyl (C=O) groups excluding carboxylic acids is 2. The molecule has 0 radical (unpaired) electrons. The number of ether oxygens (including phenoxy) is 2. The maximum atomic E-state index is 12.3. The minimum absolute atomic E-state index is 0.324. The van der Waals surface area contributed by atoms with E-state index < -0.39 is 39.4 Å². The molecule has 4 rings (SSSR count). The predicted octanol–water partition coefficient (Wildman–Crippen LogP) is 2.63. The Hall–Kier alpha value is -3.83. The lowest BCUT2D eigenvalue weighted by Crippen LogP contribution is -2.21. The molecule has 0 atom stereocenters. The molecule has 0 unspecified atom stereocenters. The van der Waals surface area contributed by atoms with Crippen molar-refractivity contribution in [2.24, 2.45) is 5.14 Å². The van der Waals surface area contributed by atoms with Crippen molar-refractivity contribution in [1.82, 2.24) is 0 Å². The second-order valence-electron chi connectivity index (χ2n) is 6.43. The molecule has 11 heteroatoms. The number of sulfonamides is 1. The number of methoxy groups -OCH3 is 1. The van der Waals surface area contributed by atoms with Gasteiger partial charge in [-0.15, -0.1) is 0 Å². The molecule has 3 N–H and O–H groups in total. The van der Waals surface area contributed by atoms with Gasteiger partial charge in [-0.3, -0.25) is 4.79 Å². The molecule has 0 aliphatic rings. The normalized spacial score (nSPS) is 11.5. The van der Waals surface area contributed by atoms with Gasteiger partial charge in [0.05, 0.1) is 12.8 Å². The quantitative estimate of drug-likeness (QED) is 0.431. The van der Waals surface area contributed by atoms with E-state index in [1.807, 2.05) is 24.3 Å². The lowest BCUT2D eigenvalue weighted by atomic mass is 10.1. The average Bonchev–Trinajstić information content (AvgIpc) is 3.36. The molecule has 0 saturated carbocycles. The molecule has 2 aromatic carbocycles. The highest BCUT2D eigenvalue weighted by atomic mass is 32.2. The first kappa shape index (κ1) is 20.4. The molecule has 0 aliphatic heterocycles. The number of nitrogens with one attached hydrogen (secondary N) is 1. The highest BCUT2D eigenvalue weighted by molar-refractivity contribution is 7.89. The number of hydrogen-bond acceptors (Lipinski definition) is 8. The number of primary sulfonamides is 1. The molecule has 2 aromatic heterocycles. The van der Waals surface area contributed by atoms with Crippen molar-refractivity contribution in [1.29, 1.82) is 0 Å². The van der Waals surface area contributed by atoms with E-state index in [0.717, 1.165) is 22.9 Å². The zero-order valence-corrected chi connectivity index (χ0v) is 16.9. The molecular weight excluding hydrogens is 428 g/mol. The summed E-state index contributed by atoms with van der Waals surface area (Å²) in [6.45, 7) is -0.647. The number of amides is 1. The van der Waals surface area contributed by atoms with E-state index in [1.54, 1.807) is 12.1 Å². The van der Waals surface area contributed by atoms with E-state index in [9.17, 15) is 18.0 Å². The van der Waals surface area contributed by atoms with Crippen LogP contribution in [0.3, 0.4) is 0 Å². The number of furan rings is 2. The van der Waals surface area contributed by atoms with E-state index in [4.69, 9.17) is 23.4 Å². The average molecular weight is 444 g/mol. The molecule has 1 amide bonds. The maximum absolute atomic E-state index is 12.3. The summed E-state index contributed by atoms with van der Waals surface area (Å²) in [7, 11) is -2.64. The van der Waals surface area contributed by atoms with Crippen molar-refractivity contribution in [3.63, 3.8) is 0 Å². The number of nitrogens with two attached hydrogens (primary N) is 1. The number of carbonyl (C=O) groups is 2. The van der Waals surface area contributed by atoms with Gasteiger partial charge in [-0.25, -0.2) is 18.4 Å². The van der Waals surface area contributed by atoms with Gasteiger partial charge >= 0.3 is 5.97 Å². The Labute approximate surface area is 175 Å². The molecule has 10 nitrogen and oxygen atoms in total. The Morgan fingerprint density at radius 3 is 2.52 bits per heavy atom. The number of esters is 1. The van der Waals surface area contributed by atoms with Gasteiger partial charge in [-0.2, -0.15) is 0 Å². The lowest BCUT2D eigenvalue weighted by Gasteiger charge is -2.10. The molecule has 0 bridgehead atoms. The van der Waals surface area contributed by atoms with E-state index in [2.05, 4.69) is 5.32 Å². The highest BCUT2D eigenvalue weighted by Crippen LogP contribution is 2.36. The van der Waals surface area contributed by atoms with Crippen molar-refractivity contribution in [3.05, 3.63) is 54.3 Å². The van der Waals surface area contributed by atoms with E-state index in [-0.39, 0.29) is 0 Å². The summed E-state index contributed by atoms with van der Waals surface area (Å²) in [4.78, 5) is 24.2. The summed E-state index contributed by atoms with van der Waals surface area (Å²) in [5.41, 5.74) is 1.55. The third-order valence-electron chi connectivity index (χ3n) is 4.37. The number of hydrogen-bond donors (Lipinski definition) is 2. The van der Waals surface area contributed by atoms with Gasteiger partial charge in [0.25, 0.3) is 15.9 Å². The van der Waals surface area contributed by atoms with Crippen molar-refractivity contribution >= 4 is 49.5 Å². The van der Waals surface area contributed by atoms with Gasteiger partial charge in [0.2, 0.25) is 10.9 Å². The smallest absolute Gasteiger partial charge is 0.374 e. The number of anilines is 1. The predicted molar refractivity (Wildman–Crippen MR) is 109 cm³/mol. The van der Waals surface area contributed by atoms with Gasteiger partial charge in [-0.1, -0.05) is 18.2 Å². The molecule has 0 aliphatic carbocycles. The summed E-state index contributed by atoms with van der Waals surface area (Å²) in [5, 5.41) is 8.63. The lowest BCUT2D eigenvalue weighted by molar-refractivity contribution is -0.119. The molecule has 0 saturated heterocycles. The highest BCUT2D eigenvalue weighted by Gasteiger charge is 2.20. The Balaban J connectivity index is 1.48. The first-order valence-corrected chi connectivity index (χ1v) is 10.4. The van der Waals surface area contributed by atoms with Gasteiger partial charge in [0, 0.05) is 16.8 Å². The largest absolute Gasteiger partial charge is 0.495 e. The van der Waals surface area contributed by atoms with Gasteiger partial charge in [-0.05, 0) is 24.3 Å². The second kappa shape index (κ2) is 7.78. The van der Waals surface area contributed by atoms with Crippen LogP contribution in [0, 0.1) is 0 Å². The zero-order chi connectivity index (χ0) is 22.2. The van der Waals surface area contributed by atoms with Gasteiger partial charge in [0.1, 0.15) is 16.9 Å². The number of rotatable bonds is 6.